The number of hydrogen-bond donors (Lipinski definition) is 5. The van der Waals surface area contributed by atoms with Crippen LogP contribution < -0.4 is 42.4 Å². The number of H-pyrrole nitrogens is 1. The Balaban J connectivity index is 0.00000408. The number of nitrogens with two attached hydrogens (primary N) is 1. The van der Waals surface area contributed by atoms with Gasteiger partial charge in [-0.05, 0) is 37.1 Å². The van der Waals surface area contributed by atoms with Crippen LogP contribution in [0.1, 0.15) is 23.2 Å². The van der Waals surface area contributed by atoms with E-state index in [-0.39, 0.29) is 52.6 Å². The van der Waals surface area contributed by atoms with Crippen molar-refractivity contribution in [1.29, 1.82) is 0 Å². The molecule has 0 saturated carbocycles. The maximum atomic E-state index is 12.3. The first-order valence-corrected chi connectivity index (χ1v) is 10.1. The van der Waals surface area contributed by atoms with Gasteiger partial charge in [0.2, 0.25) is 5.95 Å². The minimum Gasteiger partial charge on any atom is -0.550 e. The maximum Gasteiger partial charge on any atom is 2.00 e. The number of fused-ring (bicyclic) bond motifs is 1. The summed E-state index contributed by atoms with van der Waals surface area (Å²) in [4.78, 5) is 54.5. The minimum absolute atomic E-state index is 0. The number of amides is 1. The first-order valence-electron chi connectivity index (χ1n) is 10.1. The van der Waals surface area contributed by atoms with Gasteiger partial charge in [-0.3, -0.25) is 14.6 Å². The predicted molar refractivity (Wildman–Crippen MR) is 121 cm³/mol. The van der Waals surface area contributed by atoms with Gasteiger partial charge in [0.15, 0.2) is 5.82 Å². The molecule has 0 aliphatic carbocycles. The maximum absolute atomic E-state index is 12.3. The smallest absolute Gasteiger partial charge is 0.550 e. The van der Waals surface area contributed by atoms with Crippen molar-refractivity contribution in [3.05, 3.63) is 40.2 Å². The van der Waals surface area contributed by atoms with Gasteiger partial charge >= 0.3 is 23.1 Å². The summed E-state index contributed by atoms with van der Waals surface area (Å²) < 4.78 is 0. The number of nitrogen functional groups attached to an aromatic ring is 1. The van der Waals surface area contributed by atoms with Gasteiger partial charge in [-0.2, -0.15) is 4.98 Å². The van der Waals surface area contributed by atoms with Crippen LogP contribution >= 0.6 is 0 Å². The Hall–Kier alpha value is -3.52. The molecule has 13 nitrogen and oxygen atoms in total. The fraction of sp³-hybridized carbons (Fsp3) is 0.350. The van der Waals surface area contributed by atoms with Crippen molar-refractivity contribution in [3.63, 3.8) is 0 Å². The van der Waals surface area contributed by atoms with Crippen LogP contribution in [-0.2, 0) is 9.59 Å². The average molecular weight is 482 g/mol. The summed E-state index contributed by atoms with van der Waals surface area (Å²) >= 11 is 0. The zero-order valence-electron chi connectivity index (χ0n) is 18.4. The molecule has 2 aromatic rings. The van der Waals surface area contributed by atoms with E-state index in [0.29, 0.717) is 30.3 Å². The van der Waals surface area contributed by atoms with E-state index < -0.39 is 30.3 Å². The van der Waals surface area contributed by atoms with Crippen LogP contribution in [0, 0.1) is 0 Å². The van der Waals surface area contributed by atoms with E-state index in [9.17, 15) is 29.4 Å². The number of hydrogen-bond acceptors (Lipinski definition) is 11. The quantitative estimate of drug-likeness (QED) is 0.224. The molecule has 2 unspecified atom stereocenters. The van der Waals surface area contributed by atoms with Crippen molar-refractivity contribution >= 4 is 64.0 Å². The van der Waals surface area contributed by atoms with E-state index in [1.165, 1.54) is 12.1 Å². The van der Waals surface area contributed by atoms with Crippen LogP contribution in [0.3, 0.4) is 0 Å². The zero-order valence-corrected chi connectivity index (χ0v) is 19.8. The summed E-state index contributed by atoms with van der Waals surface area (Å²) in [6, 6.07) is 4.75. The number of carboxylic acids is 2. The molecule has 2 atom stereocenters. The molecule has 2 heterocycles. The molecule has 1 aromatic carbocycles. The van der Waals surface area contributed by atoms with Crippen LogP contribution in [0.25, 0.3) is 0 Å². The van der Waals surface area contributed by atoms with Crippen LogP contribution in [-0.4, -0.2) is 83.1 Å². The molecule has 6 N–H and O–H groups in total. The van der Waals surface area contributed by atoms with Crippen molar-refractivity contribution in [2.24, 2.45) is 0 Å². The third-order valence-electron chi connectivity index (χ3n) is 5.23. The summed E-state index contributed by atoms with van der Waals surface area (Å²) in [5, 5.41) is 30.2. The van der Waals surface area contributed by atoms with Crippen molar-refractivity contribution in [2.75, 3.05) is 41.4 Å². The monoisotopic (exact) mass is 481 g/mol. The van der Waals surface area contributed by atoms with Gasteiger partial charge in [-0.15, -0.1) is 0 Å². The van der Waals surface area contributed by atoms with E-state index in [2.05, 4.69) is 25.9 Å². The number of likely N-dealkylation sites (N-methyl/N-ethyl adjacent to an activating group) is 1. The molecule has 0 fully saturated rings. The molecule has 1 amide bonds. The average Bonchev–Trinajstić information content (AvgIpc) is 2.75. The summed E-state index contributed by atoms with van der Waals surface area (Å²) in [6.45, 7) is 0.984. The molecule has 0 radical (unpaired) electrons. The van der Waals surface area contributed by atoms with Crippen molar-refractivity contribution < 1.29 is 24.6 Å². The Bertz CT molecular complexity index is 1110. The largest absolute Gasteiger partial charge is 2.00 e. The van der Waals surface area contributed by atoms with Gasteiger partial charge in [-0.1, -0.05) is 0 Å². The van der Waals surface area contributed by atoms with Gasteiger partial charge in [-0.25, -0.2) is 0 Å². The number of aliphatic carboxylic acids is 2. The van der Waals surface area contributed by atoms with E-state index in [0.717, 1.165) is 0 Å². The Labute approximate surface area is 210 Å². The van der Waals surface area contributed by atoms with E-state index in [1.54, 1.807) is 24.1 Å². The SMILES string of the molecule is CN1c2c(nc(N)[nH]c2=O)NCC1CNc1ccc(C(=O)NC(CCC(=O)[O-])C(=O)[O-])cc1.[Mg+2]. The molecule has 0 saturated heterocycles. The number of benzene rings is 1. The van der Waals surface area contributed by atoms with Crippen LogP contribution in [0.15, 0.2) is 29.1 Å². The molecule has 1 aliphatic heterocycles. The molecule has 34 heavy (non-hydrogen) atoms. The zero-order chi connectivity index (χ0) is 24.1. The van der Waals surface area contributed by atoms with Crippen molar-refractivity contribution in [2.45, 2.75) is 24.9 Å². The second-order valence-corrected chi connectivity index (χ2v) is 7.51. The third kappa shape index (κ3) is 6.51. The van der Waals surface area contributed by atoms with Gasteiger partial charge in [0, 0.05) is 37.4 Å². The van der Waals surface area contributed by atoms with Gasteiger partial charge in [0.05, 0.1) is 18.1 Å². The fourth-order valence-corrected chi connectivity index (χ4v) is 3.41. The number of nitrogens with one attached hydrogen (secondary N) is 4. The van der Waals surface area contributed by atoms with E-state index >= 15 is 0 Å². The number of carbonyl (C=O) groups excluding carboxylic acids is 3. The molecule has 0 spiro atoms. The number of carboxylic acid groups (broad SMARTS) is 2. The number of anilines is 4. The van der Waals surface area contributed by atoms with Crippen LogP contribution in [0.5, 0.6) is 0 Å². The van der Waals surface area contributed by atoms with Gasteiger partial charge in [0.1, 0.15) is 5.69 Å². The van der Waals surface area contributed by atoms with E-state index in [4.69, 9.17) is 5.73 Å². The number of nitrogens with zero attached hydrogens (tertiary/aromatic N) is 2. The van der Waals surface area contributed by atoms with Crippen molar-refractivity contribution in [1.82, 2.24) is 15.3 Å². The third-order valence-corrected chi connectivity index (χ3v) is 5.23. The summed E-state index contributed by atoms with van der Waals surface area (Å²) in [7, 11) is 1.78. The normalized spacial score (nSPS) is 15.2. The molecule has 0 bridgehead atoms. The van der Waals surface area contributed by atoms with Gasteiger partial charge < -0.3 is 46.4 Å². The van der Waals surface area contributed by atoms with Crippen LogP contribution in [0.4, 0.5) is 23.1 Å². The molecule has 1 aliphatic rings. The Morgan fingerprint density at radius 1 is 1.26 bits per heavy atom. The second-order valence-electron chi connectivity index (χ2n) is 7.51. The molecular formula is C20H23MgN7O6. The topological polar surface area (TPSA) is 208 Å². The number of aromatic nitrogens is 2. The molecule has 3 rings (SSSR count). The summed E-state index contributed by atoms with van der Waals surface area (Å²) in [6.07, 6.45) is -0.862. The van der Waals surface area contributed by atoms with Crippen LogP contribution in [0.2, 0.25) is 0 Å². The molecule has 1 aromatic heterocycles. The molecule has 14 heteroatoms. The molecule has 176 valence electrons. The summed E-state index contributed by atoms with van der Waals surface area (Å²) in [5.74, 6) is -3.22. The second kappa shape index (κ2) is 11.6. The number of rotatable bonds is 9. The standard InChI is InChI=1S/C20H25N7O6.Mg/c1-27-12(9-23-16-15(27)18(31)26-20(21)25-16)8-22-11-4-2-10(3-5-11)17(30)24-13(19(32)33)6-7-14(28)29;/h2-5,12-13,22H,6-9H2,1H3,(H,24,30)(H,28,29)(H,32,33)(H4,21,23,25,26,31);/q;+2/p-2. The Morgan fingerprint density at radius 2 is 1.94 bits per heavy atom. The summed E-state index contributed by atoms with van der Waals surface area (Å²) in [5.41, 5.74) is 6.51. The fourth-order valence-electron chi connectivity index (χ4n) is 3.41. The first kappa shape index (κ1) is 26.7. The Kier molecular flexibility index (Phi) is 9.09. The molecular weight excluding hydrogens is 459 g/mol. The first-order chi connectivity index (χ1) is 15.7. The van der Waals surface area contributed by atoms with Gasteiger partial charge in [0.25, 0.3) is 11.5 Å². The van der Waals surface area contributed by atoms with Crippen molar-refractivity contribution in [3.8, 4) is 0 Å². The number of aromatic amines is 1. The number of carbonyl (C=O) groups is 3. The van der Waals surface area contributed by atoms with E-state index in [1.807, 2.05) is 0 Å². The predicted octanol–water partition coefficient (Wildman–Crippen LogP) is -3.31. The Morgan fingerprint density at radius 3 is 2.56 bits per heavy atom. The minimum atomic E-state index is -1.58.